The normalized spacial score (nSPS) is 14.6. The highest BCUT2D eigenvalue weighted by molar-refractivity contribution is 7.92. The van der Waals surface area contributed by atoms with Crippen LogP contribution in [-0.2, 0) is 16.2 Å². The SMILES string of the molecule is CN1CCCC1.N#Cc1cccc(S(=O)(=O)Nc2ccc(C(F)(F)F)c(O)c2)c1. The highest BCUT2D eigenvalue weighted by Gasteiger charge is 2.34. The first-order valence-corrected chi connectivity index (χ1v) is 10.1. The fraction of sp³-hybridized carbons (Fsp3) is 0.316. The predicted molar refractivity (Wildman–Crippen MR) is 102 cm³/mol. The molecule has 6 nitrogen and oxygen atoms in total. The molecule has 2 aromatic carbocycles. The average Bonchev–Trinajstić information content (AvgIpc) is 3.12. The lowest BCUT2D eigenvalue weighted by Gasteiger charge is -2.12. The quantitative estimate of drug-likeness (QED) is 0.777. The monoisotopic (exact) mass is 427 g/mol. The third-order valence-corrected chi connectivity index (χ3v) is 5.54. The van der Waals surface area contributed by atoms with Crippen molar-refractivity contribution in [3.8, 4) is 11.8 Å². The summed E-state index contributed by atoms with van der Waals surface area (Å²) in [5.74, 6) is -1.09. The van der Waals surface area contributed by atoms with Crippen molar-refractivity contribution in [1.29, 1.82) is 5.26 Å². The maximum Gasteiger partial charge on any atom is 0.419 e. The first-order chi connectivity index (χ1) is 13.5. The molecule has 0 bridgehead atoms. The lowest BCUT2D eigenvalue weighted by Crippen LogP contribution is -2.13. The van der Waals surface area contributed by atoms with Gasteiger partial charge in [-0.3, -0.25) is 4.72 Å². The van der Waals surface area contributed by atoms with E-state index in [4.69, 9.17) is 5.26 Å². The summed E-state index contributed by atoms with van der Waals surface area (Å²) in [6, 6.07) is 9.00. The Morgan fingerprint density at radius 2 is 1.79 bits per heavy atom. The smallest absolute Gasteiger partial charge is 0.419 e. The third kappa shape index (κ3) is 6.37. The van der Waals surface area contributed by atoms with Crippen LogP contribution in [0.3, 0.4) is 0 Å². The van der Waals surface area contributed by atoms with E-state index in [0.717, 1.165) is 12.1 Å². The molecule has 0 saturated carbocycles. The Morgan fingerprint density at radius 1 is 1.14 bits per heavy atom. The Bertz CT molecular complexity index is 996. The number of nitriles is 1. The summed E-state index contributed by atoms with van der Waals surface area (Å²) in [4.78, 5) is 2.14. The van der Waals surface area contributed by atoms with Crippen LogP contribution in [0.1, 0.15) is 24.0 Å². The summed E-state index contributed by atoms with van der Waals surface area (Å²) in [5.41, 5.74) is -1.40. The number of phenols is 1. The zero-order chi connectivity index (χ0) is 21.7. The first-order valence-electron chi connectivity index (χ1n) is 8.64. The molecular formula is C19H20F3N3O3S. The average molecular weight is 427 g/mol. The molecule has 0 unspecified atom stereocenters. The second kappa shape index (κ2) is 9.15. The van der Waals surface area contributed by atoms with Crippen molar-refractivity contribution in [3.05, 3.63) is 53.6 Å². The van der Waals surface area contributed by atoms with Gasteiger partial charge < -0.3 is 10.0 Å². The maximum absolute atomic E-state index is 12.5. The minimum Gasteiger partial charge on any atom is -0.507 e. The van der Waals surface area contributed by atoms with Gasteiger partial charge in [0.1, 0.15) is 5.75 Å². The molecular weight excluding hydrogens is 407 g/mol. The van der Waals surface area contributed by atoms with Crippen LogP contribution in [0.15, 0.2) is 47.4 Å². The van der Waals surface area contributed by atoms with Gasteiger partial charge in [0.15, 0.2) is 0 Å². The van der Waals surface area contributed by atoms with E-state index in [-0.39, 0.29) is 16.1 Å². The number of sulfonamides is 1. The van der Waals surface area contributed by atoms with Crippen molar-refractivity contribution in [2.24, 2.45) is 0 Å². The van der Waals surface area contributed by atoms with Gasteiger partial charge in [0.2, 0.25) is 0 Å². The number of nitrogens with one attached hydrogen (secondary N) is 1. The Balaban J connectivity index is 0.000000426. The first kappa shape index (κ1) is 22.5. The summed E-state index contributed by atoms with van der Waals surface area (Å²) in [5, 5.41) is 18.1. The van der Waals surface area contributed by atoms with E-state index >= 15 is 0 Å². The second-order valence-corrected chi connectivity index (χ2v) is 8.17. The Hall–Kier alpha value is -2.77. The van der Waals surface area contributed by atoms with Crippen molar-refractivity contribution >= 4 is 15.7 Å². The van der Waals surface area contributed by atoms with Gasteiger partial charge in [0.25, 0.3) is 10.0 Å². The number of hydrogen-bond donors (Lipinski definition) is 2. The molecule has 2 N–H and O–H groups in total. The van der Waals surface area contributed by atoms with E-state index in [2.05, 4.69) is 11.9 Å². The molecule has 1 saturated heterocycles. The van der Waals surface area contributed by atoms with Crippen molar-refractivity contribution < 1.29 is 26.7 Å². The van der Waals surface area contributed by atoms with Crippen LogP contribution in [0.25, 0.3) is 0 Å². The molecule has 0 atom stereocenters. The molecule has 0 radical (unpaired) electrons. The molecule has 156 valence electrons. The van der Waals surface area contributed by atoms with Crippen LogP contribution in [0.2, 0.25) is 0 Å². The summed E-state index contributed by atoms with van der Waals surface area (Å²) in [7, 11) is -1.93. The lowest BCUT2D eigenvalue weighted by atomic mass is 10.2. The number of likely N-dealkylation sites (tertiary alicyclic amines) is 1. The van der Waals surface area contributed by atoms with Crippen LogP contribution in [0.5, 0.6) is 5.75 Å². The Kier molecular flexibility index (Phi) is 7.11. The minimum atomic E-state index is -4.75. The number of hydrogen-bond acceptors (Lipinski definition) is 5. The number of halogens is 3. The standard InChI is InChI=1S/C14H9F3N2O3S.C5H11N/c15-14(16,17)12-5-4-10(7-13(12)20)19-23(21,22)11-3-1-2-9(6-11)8-18;1-6-4-2-3-5-6/h1-7,19-20H;2-5H2,1H3. The van der Waals surface area contributed by atoms with Crippen molar-refractivity contribution in [3.63, 3.8) is 0 Å². The van der Waals surface area contributed by atoms with E-state index < -0.39 is 27.5 Å². The summed E-state index contributed by atoms with van der Waals surface area (Å²) < 4.78 is 63.9. The Morgan fingerprint density at radius 3 is 2.28 bits per heavy atom. The summed E-state index contributed by atoms with van der Waals surface area (Å²) in [6.45, 7) is 2.64. The zero-order valence-electron chi connectivity index (χ0n) is 15.6. The molecule has 2 aromatic rings. The van der Waals surface area contributed by atoms with Crippen LogP contribution in [-0.4, -0.2) is 38.6 Å². The van der Waals surface area contributed by atoms with Crippen molar-refractivity contribution in [2.45, 2.75) is 23.9 Å². The molecule has 1 aliphatic rings. The van der Waals surface area contributed by atoms with Crippen molar-refractivity contribution in [1.82, 2.24) is 4.90 Å². The predicted octanol–water partition coefficient (Wildman–Crippen LogP) is 3.80. The van der Waals surface area contributed by atoms with Gasteiger partial charge in [-0.15, -0.1) is 0 Å². The molecule has 1 fully saturated rings. The van der Waals surface area contributed by atoms with Crippen LogP contribution < -0.4 is 4.72 Å². The van der Waals surface area contributed by atoms with Gasteiger partial charge >= 0.3 is 6.18 Å². The topological polar surface area (TPSA) is 93.4 Å². The van der Waals surface area contributed by atoms with Crippen LogP contribution in [0, 0.1) is 11.3 Å². The molecule has 29 heavy (non-hydrogen) atoms. The molecule has 3 rings (SSSR count). The number of aromatic hydroxyl groups is 1. The number of anilines is 1. The second-order valence-electron chi connectivity index (χ2n) is 6.49. The van der Waals surface area contributed by atoms with Gasteiger partial charge in [-0.2, -0.15) is 18.4 Å². The summed E-state index contributed by atoms with van der Waals surface area (Å²) in [6.07, 6.45) is -1.92. The third-order valence-electron chi connectivity index (χ3n) is 4.16. The van der Waals surface area contributed by atoms with Gasteiger partial charge in [-0.25, -0.2) is 8.42 Å². The number of benzene rings is 2. The number of phenolic OH excluding ortho intramolecular Hbond substituents is 1. The molecule has 10 heteroatoms. The molecule has 0 aliphatic carbocycles. The van der Waals surface area contributed by atoms with Gasteiger partial charge in [-0.1, -0.05) is 6.07 Å². The maximum atomic E-state index is 12.5. The van der Waals surface area contributed by atoms with E-state index in [0.29, 0.717) is 12.1 Å². The van der Waals surface area contributed by atoms with E-state index in [9.17, 15) is 26.7 Å². The zero-order valence-corrected chi connectivity index (χ0v) is 16.4. The molecule has 0 amide bonds. The number of rotatable bonds is 3. The lowest BCUT2D eigenvalue weighted by molar-refractivity contribution is -0.138. The van der Waals surface area contributed by atoms with E-state index in [1.807, 2.05) is 4.72 Å². The van der Waals surface area contributed by atoms with Crippen LogP contribution >= 0.6 is 0 Å². The highest BCUT2D eigenvalue weighted by atomic mass is 32.2. The number of alkyl halides is 3. The fourth-order valence-electron chi connectivity index (χ4n) is 2.66. The van der Waals surface area contributed by atoms with Crippen molar-refractivity contribution in [2.75, 3.05) is 24.9 Å². The number of nitrogens with zero attached hydrogens (tertiary/aromatic N) is 2. The molecule has 0 aromatic heterocycles. The van der Waals surface area contributed by atoms with Gasteiger partial charge in [0, 0.05) is 6.07 Å². The molecule has 0 spiro atoms. The fourth-order valence-corrected chi connectivity index (χ4v) is 3.75. The van der Waals surface area contributed by atoms with Gasteiger partial charge in [0.05, 0.1) is 27.8 Å². The van der Waals surface area contributed by atoms with E-state index in [1.54, 1.807) is 6.07 Å². The van der Waals surface area contributed by atoms with Gasteiger partial charge in [-0.05, 0) is 63.3 Å². The summed E-state index contributed by atoms with van der Waals surface area (Å²) >= 11 is 0. The molecule has 1 heterocycles. The van der Waals surface area contributed by atoms with Crippen LogP contribution in [0.4, 0.5) is 18.9 Å². The largest absolute Gasteiger partial charge is 0.507 e. The van der Waals surface area contributed by atoms with E-state index in [1.165, 1.54) is 44.1 Å². The molecule has 1 aliphatic heterocycles. The Labute approximate surface area is 167 Å². The highest BCUT2D eigenvalue weighted by Crippen LogP contribution is 2.37. The minimum absolute atomic E-state index is 0.114.